The van der Waals surface area contributed by atoms with Crippen molar-refractivity contribution in [3.05, 3.63) is 0 Å². The highest BCUT2D eigenvalue weighted by Crippen LogP contribution is 1.94. The van der Waals surface area contributed by atoms with Gasteiger partial charge in [0.05, 0.1) is 12.6 Å². The second kappa shape index (κ2) is 4.35. The fraction of sp³-hybridized carbons (Fsp3) is 0.800. The lowest BCUT2D eigenvalue weighted by molar-refractivity contribution is -0.114. The fourth-order valence-corrected chi connectivity index (χ4v) is 0.445. The lowest BCUT2D eigenvalue weighted by atomic mass is 10.1. The van der Waals surface area contributed by atoms with Crippen LogP contribution in [0.15, 0.2) is 0 Å². The first kappa shape index (κ1) is 9.51. The predicted octanol–water partition coefficient (Wildman–Crippen LogP) is -2.77. The monoisotopic (exact) mass is 149 g/mol. The molecule has 5 heteroatoms. The molecule has 0 unspecified atom stereocenters. The van der Waals surface area contributed by atoms with Crippen molar-refractivity contribution < 1.29 is 20.1 Å². The van der Waals surface area contributed by atoms with Gasteiger partial charge in [0, 0.05) is 0 Å². The topological polar surface area (TPSA) is 104 Å². The highest BCUT2D eigenvalue weighted by molar-refractivity contribution is 5.58. The van der Waals surface area contributed by atoms with E-state index in [4.69, 9.17) is 21.1 Å². The molecule has 0 aliphatic carbocycles. The number of nitrogens with two attached hydrogens (primary N) is 1. The zero-order valence-corrected chi connectivity index (χ0v) is 5.34. The molecule has 0 bridgehead atoms. The Hall–Kier alpha value is -0.490. The van der Waals surface area contributed by atoms with Crippen LogP contribution < -0.4 is 5.73 Å². The molecule has 0 aliphatic rings. The molecule has 0 fully saturated rings. The first-order valence-corrected chi connectivity index (χ1v) is 2.81. The van der Waals surface area contributed by atoms with E-state index in [0.717, 1.165) is 0 Å². The molecule has 0 saturated carbocycles. The lowest BCUT2D eigenvalue weighted by Crippen LogP contribution is -2.45. The molecular formula is C5H11NO4. The molecule has 0 aromatic heterocycles. The highest BCUT2D eigenvalue weighted by atomic mass is 16.4. The van der Waals surface area contributed by atoms with E-state index in [2.05, 4.69) is 0 Å². The first-order chi connectivity index (χ1) is 4.63. The Bertz CT molecular complexity index is 108. The zero-order valence-electron chi connectivity index (χ0n) is 5.34. The summed E-state index contributed by atoms with van der Waals surface area (Å²) in [6.07, 6.45) is -2.42. The number of aldehydes is 1. The van der Waals surface area contributed by atoms with Gasteiger partial charge >= 0.3 is 0 Å². The molecule has 0 aromatic rings. The number of hydrogen-bond acceptors (Lipinski definition) is 5. The number of hydrogen-bond donors (Lipinski definition) is 4. The minimum Gasteiger partial charge on any atom is -0.394 e. The van der Waals surface area contributed by atoms with Crippen LogP contribution >= 0.6 is 0 Å². The van der Waals surface area contributed by atoms with Crippen LogP contribution in [0.2, 0.25) is 0 Å². The van der Waals surface area contributed by atoms with Crippen LogP contribution in [-0.4, -0.2) is 46.5 Å². The summed E-state index contributed by atoms with van der Waals surface area (Å²) in [4.78, 5) is 9.89. The van der Waals surface area contributed by atoms with Crippen molar-refractivity contribution in [3.63, 3.8) is 0 Å². The zero-order chi connectivity index (χ0) is 8.15. The molecule has 5 N–H and O–H groups in total. The smallest absolute Gasteiger partial charge is 0.139 e. The molecule has 0 aliphatic heterocycles. The maximum Gasteiger partial charge on any atom is 0.139 e. The summed E-state index contributed by atoms with van der Waals surface area (Å²) in [5.41, 5.74) is 5.00. The minimum atomic E-state index is -1.39. The van der Waals surface area contributed by atoms with Gasteiger partial charge in [-0.05, 0) is 0 Å². The van der Waals surface area contributed by atoms with Gasteiger partial charge in [-0.3, -0.25) is 0 Å². The third kappa shape index (κ3) is 2.40. The quantitative estimate of drug-likeness (QED) is 0.324. The van der Waals surface area contributed by atoms with E-state index >= 15 is 0 Å². The molecule has 0 radical (unpaired) electrons. The molecular weight excluding hydrogens is 138 g/mol. The van der Waals surface area contributed by atoms with Gasteiger partial charge in [0.2, 0.25) is 0 Å². The van der Waals surface area contributed by atoms with Crippen LogP contribution in [0, 0.1) is 0 Å². The van der Waals surface area contributed by atoms with Gasteiger partial charge in [-0.15, -0.1) is 0 Å². The maximum absolute atomic E-state index is 9.89. The summed E-state index contributed by atoms with van der Waals surface area (Å²) in [6.45, 7) is -0.608. The fourth-order valence-electron chi connectivity index (χ4n) is 0.445. The van der Waals surface area contributed by atoms with E-state index in [-0.39, 0.29) is 0 Å². The lowest BCUT2D eigenvalue weighted by Gasteiger charge is -2.17. The molecule has 60 valence electrons. The first-order valence-electron chi connectivity index (χ1n) is 2.81. The maximum atomic E-state index is 9.89. The summed E-state index contributed by atoms with van der Waals surface area (Å²) in [5, 5.41) is 25.8. The van der Waals surface area contributed by atoms with Gasteiger partial charge in [-0.25, -0.2) is 0 Å². The molecule has 0 heterocycles. The summed E-state index contributed by atoms with van der Waals surface area (Å²) < 4.78 is 0. The molecule has 0 saturated heterocycles. The van der Waals surface area contributed by atoms with Gasteiger partial charge in [0.25, 0.3) is 0 Å². The third-order valence-electron chi connectivity index (χ3n) is 1.13. The average Bonchev–Trinajstić information content (AvgIpc) is 2.00. The van der Waals surface area contributed by atoms with Gasteiger partial charge in [0.15, 0.2) is 0 Å². The molecule has 0 spiro atoms. The Balaban J connectivity index is 3.80. The molecule has 5 nitrogen and oxygen atoms in total. The SMILES string of the molecule is N[C@@H](C=O)[C@H](O)[C@H](O)CO. The molecule has 10 heavy (non-hydrogen) atoms. The molecule has 0 aromatic carbocycles. The molecule has 0 amide bonds. The second-order valence-electron chi connectivity index (χ2n) is 1.95. The number of carbonyl (C=O) groups is 1. The van der Waals surface area contributed by atoms with Gasteiger partial charge in [-0.2, -0.15) is 0 Å². The van der Waals surface area contributed by atoms with E-state index in [9.17, 15) is 4.79 Å². The Morgan fingerprint density at radius 3 is 2.30 bits per heavy atom. The Labute approximate surface area is 58.1 Å². The molecule has 3 atom stereocenters. The Kier molecular flexibility index (Phi) is 4.13. The number of rotatable bonds is 4. The Morgan fingerprint density at radius 2 is 2.00 bits per heavy atom. The van der Waals surface area contributed by atoms with Crippen LogP contribution in [0.3, 0.4) is 0 Å². The van der Waals surface area contributed by atoms with Crippen LogP contribution in [0.5, 0.6) is 0 Å². The minimum absolute atomic E-state index is 0.309. The van der Waals surface area contributed by atoms with Crippen molar-refractivity contribution in [3.8, 4) is 0 Å². The normalized spacial score (nSPS) is 19.6. The summed E-state index contributed by atoms with van der Waals surface area (Å²) >= 11 is 0. The largest absolute Gasteiger partial charge is 0.394 e. The third-order valence-corrected chi connectivity index (χ3v) is 1.13. The Morgan fingerprint density at radius 1 is 1.50 bits per heavy atom. The van der Waals surface area contributed by atoms with Gasteiger partial charge in [-0.1, -0.05) is 0 Å². The van der Waals surface area contributed by atoms with Crippen molar-refractivity contribution in [2.24, 2.45) is 5.73 Å². The van der Waals surface area contributed by atoms with E-state index in [0.29, 0.717) is 6.29 Å². The van der Waals surface area contributed by atoms with Gasteiger partial charge in [0.1, 0.15) is 18.5 Å². The predicted molar refractivity (Wildman–Crippen MR) is 33.1 cm³/mol. The van der Waals surface area contributed by atoms with Crippen LogP contribution in [0.1, 0.15) is 0 Å². The van der Waals surface area contributed by atoms with E-state index < -0.39 is 24.9 Å². The number of aliphatic hydroxyl groups is 3. The van der Waals surface area contributed by atoms with Crippen LogP contribution in [0.4, 0.5) is 0 Å². The highest BCUT2D eigenvalue weighted by Gasteiger charge is 2.21. The standard InChI is InChI=1S/C5H11NO4/c6-3(1-7)5(10)4(9)2-8/h1,3-5,8-10H,2,6H2/t3-,4+,5-/m0/s1. The van der Waals surface area contributed by atoms with E-state index in [1.807, 2.05) is 0 Å². The van der Waals surface area contributed by atoms with Gasteiger partial charge < -0.3 is 25.8 Å². The van der Waals surface area contributed by atoms with Crippen LogP contribution in [0.25, 0.3) is 0 Å². The summed E-state index contributed by atoms with van der Waals surface area (Å²) in [6, 6.07) is -1.14. The van der Waals surface area contributed by atoms with E-state index in [1.165, 1.54) is 0 Å². The number of aliphatic hydroxyl groups excluding tert-OH is 3. The van der Waals surface area contributed by atoms with Crippen LogP contribution in [-0.2, 0) is 4.79 Å². The van der Waals surface area contributed by atoms with E-state index in [1.54, 1.807) is 0 Å². The van der Waals surface area contributed by atoms with Crippen molar-refractivity contribution in [1.82, 2.24) is 0 Å². The van der Waals surface area contributed by atoms with Crippen molar-refractivity contribution >= 4 is 6.29 Å². The molecule has 0 rings (SSSR count). The van der Waals surface area contributed by atoms with Crippen molar-refractivity contribution in [2.45, 2.75) is 18.2 Å². The second-order valence-corrected chi connectivity index (χ2v) is 1.95. The summed E-state index contributed by atoms with van der Waals surface area (Å²) in [5.74, 6) is 0. The van der Waals surface area contributed by atoms with Crippen molar-refractivity contribution in [2.75, 3.05) is 6.61 Å². The summed E-state index contributed by atoms with van der Waals surface area (Å²) in [7, 11) is 0. The average molecular weight is 149 g/mol. The van der Waals surface area contributed by atoms with Crippen molar-refractivity contribution in [1.29, 1.82) is 0 Å². The number of carbonyl (C=O) groups excluding carboxylic acids is 1.